The number of hydrogen-bond donors (Lipinski definition) is 0. The summed E-state index contributed by atoms with van der Waals surface area (Å²) < 4.78 is 11.2. The van der Waals surface area contributed by atoms with Gasteiger partial charge in [0, 0.05) is 19.6 Å². The van der Waals surface area contributed by atoms with Crippen LogP contribution in [0.2, 0.25) is 0 Å². The van der Waals surface area contributed by atoms with Crippen molar-refractivity contribution in [1.82, 2.24) is 9.80 Å². The first-order valence-corrected chi connectivity index (χ1v) is 12.2. The van der Waals surface area contributed by atoms with Crippen molar-refractivity contribution in [2.45, 2.75) is 77.5 Å². The van der Waals surface area contributed by atoms with E-state index in [0.717, 1.165) is 31.2 Å². The van der Waals surface area contributed by atoms with E-state index >= 15 is 0 Å². The molecule has 2 heterocycles. The highest BCUT2D eigenvalue weighted by molar-refractivity contribution is 5.91. The maximum atomic E-state index is 13.7. The average Bonchev–Trinajstić information content (AvgIpc) is 3.51. The molecule has 0 aromatic heterocycles. The van der Waals surface area contributed by atoms with E-state index < -0.39 is 17.1 Å². The van der Waals surface area contributed by atoms with Crippen LogP contribution in [-0.4, -0.2) is 59.0 Å². The minimum atomic E-state index is -0.618. The largest absolute Gasteiger partial charge is 0.459 e. The number of esters is 1. The van der Waals surface area contributed by atoms with E-state index in [4.69, 9.17) is 9.47 Å². The van der Waals surface area contributed by atoms with E-state index in [1.165, 1.54) is 0 Å². The zero-order valence-corrected chi connectivity index (χ0v) is 20.0. The second-order valence-electron chi connectivity index (χ2n) is 10.8. The van der Waals surface area contributed by atoms with Crippen LogP contribution in [-0.2, 0) is 25.7 Å². The van der Waals surface area contributed by atoms with Crippen LogP contribution in [0.5, 0.6) is 0 Å². The summed E-state index contributed by atoms with van der Waals surface area (Å²) in [4.78, 5) is 42.9. The molecule has 1 unspecified atom stereocenters. The van der Waals surface area contributed by atoms with Gasteiger partial charge in [0.2, 0.25) is 5.91 Å². The van der Waals surface area contributed by atoms with Gasteiger partial charge in [-0.25, -0.2) is 9.59 Å². The molecule has 2 amide bonds. The summed E-state index contributed by atoms with van der Waals surface area (Å²) >= 11 is 0. The van der Waals surface area contributed by atoms with Gasteiger partial charge in [0.15, 0.2) is 0 Å². The zero-order valence-electron chi connectivity index (χ0n) is 20.0. The molecule has 2 aliphatic heterocycles. The third-order valence-electron chi connectivity index (χ3n) is 7.20. The molecule has 3 aliphatic rings. The Morgan fingerprint density at radius 1 is 1.09 bits per heavy atom. The summed E-state index contributed by atoms with van der Waals surface area (Å²) in [6, 6.07) is 9.08. The number of carbonyl (C=O) groups is 3. The van der Waals surface area contributed by atoms with E-state index in [1.807, 2.05) is 51.1 Å². The lowest BCUT2D eigenvalue weighted by molar-refractivity contribution is -0.159. The van der Waals surface area contributed by atoms with Crippen molar-refractivity contribution in [3.05, 3.63) is 35.9 Å². The fraction of sp³-hybridized carbons (Fsp3) is 0.654. The molecular formula is C26H36N2O5. The highest BCUT2D eigenvalue weighted by atomic mass is 16.6. The van der Waals surface area contributed by atoms with Crippen molar-refractivity contribution in [3.63, 3.8) is 0 Å². The molecular weight excluding hydrogens is 420 g/mol. The lowest BCUT2D eigenvalue weighted by atomic mass is 9.85. The van der Waals surface area contributed by atoms with Crippen LogP contribution in [0, 0.1) is 11.3 Å². The average molecular weight is 457 g/mol. The van der Waals surface area contributed by atoms with E-state index in [2.05, 4.69) is 0 Å². The Bertz CT molecular complexity index is 874. The fourth-order valence-electron chi connectivity index (χ4n) is 5.51. The van der Waals surface area contributed by atoms with Crippen LogP contribution in [0.25, 0.3) is 0 Å². The maximum absolute atomic E-state index is 13.7. The van der Waals surface area contributed by atoms with Gasteiger partial charge >= 0.3 is 12.1 Å². The summed E-state index contributed by atoms with van der Waals surface area (Å²) in [5, 5.41) is 0. The van der Waals surface area contributed by atoms with Gasteiger partial charge in [0.05, 0.1) is 5.41 Å². The van der Waals surface area contributed by atoms with E-state index in [9.17, 15) is 14.4 Å². The Morgan fingerprint density at radius 2 is 1.76 bits per heavy atom. The van der Waals surface area contributed by atoms with Crippen LogP contribution in [0.15, 0.2) is 30.3 Å². The van der Waals surface area contributed by atoms with E-state index in [-0.39, 0.29) is 30.5 Å². The van der Waals surface area contributed by atoms with Gasteiger partial charge in [-0.2, -0.15) is 0 Å². The Labute approximate surface area is 196 Å². The van der Waals surface area contributed by atoms with Gasteiger partial charge in [0.1, 0.15) is 18.2 Å². The summed E-state index contributed by atoms with van der Waals surface area (Å²) in [6.07, 6.45) is 4.91. The first kappa shape index (κ1) is 23.6. The second-order valence-corrected chi connectivity index (χ2v) is 10.8. The molecule has 7 nitrogen and oxygen atoms in total. The van der Waals surface area contributed by atoms with Crippen molar-refractivity contribution in [1.29, 1.82) is 0 Å². The van der Waals surface area contributed by atoms with Crippen molar-refractivity contribution in [3.8, 4) is 0 Å². The highest BCUT2D eigenvalue weighted by Gasteiger charge is 2.55. The van der Waals surface area contributed by atoms with Crippen molar-refractivity contribution in [2.75, 3.05) is 19.6 Å². The minimum absolute atomic E-state index is 0.0119. The molecule has 1 aromatic carbocycles. The molecule has 0 bridgehead atoms. The molecule has 2 saturated heterocycles. The van der Waals surface area contributed by atoms with Crippen molar-refractivity contribution in [2.24, 2.45) is 11.3 Å². The normalized spacial score (nSPS) is 24.5. The van der Waals surface area contributed by atoms with Gasteiger partial charge < -0.3 is 19.3 Å². The predicted octanol–water partition coefficient (Wildman–Crippen LogP) is 4.15. The van der Waals surface area contributed by atoms with Crippen LogP contribution < -0.4 is 0 Å². The van der Waals surface area contributed by atoms with E-state index in [1.54, 1.807) is 9.80 Å². The van der Waals surface area contributed by atoms with Gasteiger partial charge in [0.25, 0.3) is 0 Å². The molecule has 180 valence electrons. The molecule has 1 aromatic rings. The monoisotopic (exact) mass is 456 g/mol. The number of rotatable bonds is 5. The summed E-state index contributed by atoms with van der Waals surface area (Å²) in [6.45, 7) is 7.12. The Hall–Kier alpha value is -2.57. The first-order valence-electron chi connectivity index (χ1n) is 12.2. The lowest BCUT2D eigenvalue weighted by Crippen LogP contribution is -2.49. The Morgan fingerprint density at radius 3 is 2.42 bits per heavy atom. The van der Waals surface area contributed by atoms with E-state index in [0.29, 0.717) is 32.5 Å². The number of hydrogen-bond acceptors (Lipinski definition) is 5. The molecule has 0 N–H and O–H groups in total. The highest BCUT2D eigenvalue weighted by Crippen LogP contribution is 2.44. The Balaban J connectivity index is 1.45. The van der Waals surface area contributed by atoms with Crippen LogP contribution in [0.3, 0.4) is 0 Å². The molecule has 33 heavy (non-hydrogen) atoms. The predicted molar refractivity (Wildman–Crippen MR) is 123 cm³/mol. The molecule has 4 rings (SSSR count). The van der Waals surface area contributed by atoms with Gasteiger partial charge in [-0.15, -0.1) is 0 Å². The molecule has 1 saturated carbocycles. The summed E-state index contributed by atoms with van der Waals surface area (Å²) in [5.74, 6) is -0.184. The number of ether oxygens (including phenoxy) is 2. The topological polar surface area (TPSA) is 76.2 Å². The number of nitrogens with zero attached hydrogens (tertiary/aromatic N) is 2. The standard InChI is InChI=1S/C26H36N2O5/c1-25(2,3)33-24(31)27-15-13-26(18-27)14-16-28(23(26)30)21(20-11-7-8-12-20)22(29)32-17-19-9-5-4-6-10-19/h4-6,9-10,20-21H,7-8,11-18H2,1-3H3/t21-,26?/m0/s1. The first-order chi connectivity index (χ1) is 15.7. The van der Waals surface area contributed by atoms with Crippen molar-refractivity contribution < 1.29 is 23.9 Å². The zero-order chi connectivity index (χ0) is 23.6. The maximum Gasteiger partial charge on any atom is 0.410 e. The number of benzene rings is 1. The van der Waals surface area contributed by atoms with Crippen LogP contribution in [0.4, 0.5) is 4.79 Å². The Kier molecular flexibility index (Phi) is 6.68. The number of amides is 2. The van der Waals surface area contributed by atoms with Crippen LogP contribution in [0.1, 0.15) is 64.9 Å². The minimum Gasteiger partial charge on any atom is -0.459 e. The second kappa shape index (κ2) is 9.35. The van der Waals surface area contributed by atoms with Crippen molar-refractivity contribution >= 4 is 18.0 Å². The fourth-order valence-corrected chi connectivity index (χ4v) is 5.51. The van der Waals surface area contributed by atoms with Gasteiger partial charge in [-0.1, -0.05) is 43.2 Å². The summed E-state index contributed by atoms with van der Waals surface area (Å²) in [5.41, 5.74) is -0.258. The summed E-state index contributed by atoms with van der Waals surface area (Å²) in [7, 11) is 0. The molecule has 3 fully saturated rings. The molecule has 2 atom stereocenters. The quantitative estimate of drug-likeness (QED) is 0.622. The smallest absolute Gasteiger partial charge is 0.410 e. The third-order valence-corrected chi connectivity index (χ3v) is 7.20. The molecule has 1 aliphatic carbocycles. The SMILES string of the molecule is CC(C)(C)OC(=O)N1CCC2(CCN([C@H](C(=O)OCc3ccccc3)C3CCCC3)C2=O)C1. The molecule has 1 spiro atoms. The van der Waals surface area contributed by atoms with Gasteiger partial charge in [-0.05, 0) is 57.9 Å². The number of carbonyl (C=O) groups excluding carboxylic acids is 3. The lowest BCUT2D eigenvalue weighted by Gasteiger charge is -2.32. The molecule has 0 radical (unpaired) electrons. The van der Waals surface area contributed by atoms with Crippen LogP contribution >= 0.6 is 0 Å². The third kappa shape index (κ3) is 5.17. The van der Waals surface area contributed by atoms with Gasteiger partial charge in [-0.3, -0.25) is 4.79 Å². The number of likely N-dealkylation sites (tertiary alicyclic amines) is 2. The molecule has 7 heteroatoms.